The van der Waals surface area contributed by atoms with Crippen molar-refractivity contribution in [2.24, 2.45) is 4.99 Å². The van der Waals surface area contributed by atoms with Crippen molar-refractivity contribution in [3.63, 3.8) is 0 Å². The number of nitrogens with one attached hydrogen (secondary N) is 2. The molecule has 2 aromatic rings. The molecule has 0 aromatic carbocycles. The van der Waals surface area contributed by atoms with E-state index < -0.39 is 0 Å². The number of likely N-dealkylation sites (tertiary alicyclic amines) is 1. The Morgan fingerprint density at radius 3 is 2.79 bits per heavy atom. The van der Waals surface area contributed by atoms with Crippen molar-refractivity contribution in [1.29, 1.82) is 0 Å². The van der Waals surface area contributed by atoms with E-state index in [0.29, 0.717) is 6.04 Å². The van der Waals surface area contributed by atoms with Gasteiger partial charge in [0.1, 0.15) is 11.6 Å². The summed E-state index contributed by atoms with van der Waals surface area (Å²) >= 11 is 1.85. The van der Waals surface area contributed by atoms with Crippen molar-refractivity contribution in [3.05, 3.63) is 34.0 Å². The smallest absolute Gasteiger partial charge is 0.191 e. The number of nitrogens with zero attached hydrogens (tertiary/aromatic N) is 5. The van der Waals surface area contributed by atoms with Crippen LogP contribution < -0.4 is 10.6 Å². The standard InChI is InChI=1S/C21H33N7S/c1-22-21(23-11-10-20-26-25-19-9-3-2-4-14-28(19)20)24-16-17(18-8-7-15-29-18)27-12-5-6-13-27/h7-8,15,17H,2-6,9-14,16H2,1H3,(H2,22,23,24). The van der Waals surface area contributed by atoms with Gasteiger partial charge in [-0.05, 0) is 50.2 Å². The Morgan fingerprint density at radius 2 is 2.00 bits per heavy atom. The lowest BCUT2D eigenvalue weighted by molar-refractivity contribution is 0.249. The van der Waals surface area contributed by atoms with Crippen molar-refractivity contribution >= 4 is 17.3 Å². The lowest BCUT2D eigenvalue weighted by atomic mass is 10.2. The summed E-state index contributed by atoms with van der Waals surface area (Å²) in [5.41, 5.74) is 0. The second-order valence-electron chi connectivity index (χ2n) is 7.90. The Kier molecular flexibility index (Phi) is 7.16. The first-order valence-corrected chi connectivity index (χ1v) is 11.9. The van der Waals surface area contributed by atoms with Crippen LogP contribution in [0.15, 0.2) is 22.5 Å². The molecule has 2 aliphatic heterocycles. The van der Waals surface area contributed by atoms with Crippen molar-refractivity contribution in [2.45, 2.75) is 57.5 Å². The molecule has 2 aromatic heterocycles. The zero-order valence-corrected chi connectivity index (χ0v) is 18.3. The van der Waals surface area contributed by atoms with Crippen molar-refractivity contribution in [1.82, 2.24) is 30.3 Å². The SMILES string of the molecule is CN=C(NCCc1nnc2n1CCCCC2)NCC(c1cccs1)N1CCCC1. The van der Waals surface area contributed by atoms with Crippen LogP contribution in [0.3, 0.4) is 0 Å². The number of aromatic nitrogens is 3. The second kappa shape index (κ2) is 10.2. The molecule has 2 N–H and O–H groups in total. The zero-order chi connectivity index (χ0) is 19.9. The van der Waals surface area contributed by atoms with E-state index in [9.17, 15) is 0 Å². The highest BCUT2D eigenvalue weighted by Crippen LogP contribution is 2.27. The van der Waals surface area contributed by atoms with Gasteiger partial charge in [-0.3, -0.25) is 9.89 Å². The number of aryl methyl sites for hydroxylation is 1. The van der Waals surface area contributed by atoms with Crippen LogP contribution in [0.4, 0.5) is 0 Å². The molecule has 0 saturated carbocycles. The van der Waals surface area contributed by atoms with Gasteiger partial charge in [0.15, 0.2) is 5.96 Å². The van der Waals surface area contributed by atoms with Gasteiger partial charge >= 0.3 is 0 Å². The fourth-order valence-electron chi connectivity index (χ4n) is 4.38. The number of guanidine groups is 1. The molecule has 1 unspecified atom stereocenters. The highest BCUT2D eigenvalue weighted by molar-refractivity contribution is 7.10. The van der Waals surface area contributed by atoms with Crippen LogP contribution in [0.1, 0.15) is 54.7 Å². The van der Waals surface area contributed by atoms with E-state index in [1.54, 1.807) is 0 Å². The maximum Gasteiger partial charge on any atom is 0.191 e. The molecular weight excluding hydrogens is 382 g/mol. The number of hydrogen-bond donors (Lipinski definition) is 2. The van der Waals surface area contributed by atoms with Crippen LogP contribution in [-0.2, 0) is 19.4 Å². The van der Waals surface area contributed by atoms with Gasteiger partial charge in [-0.1, -0.05) is 12.5 Å². The number of fused-ring (bicyclic) bond motifs is 1. The van der Waals surface area contributed by atoms with Gasteiger partial charge in [-0.2, -0.15) is 0 Å². The molecule has 4 heterocycles. The van der Waals surface area contributed by atoms with Crippen LogP contribution in [-0.4, -0.2) is 58.9 Å². The zero-order valence-electron chi connectivity index (χ0n) is 17.4. The van der Waals surface area contributed by atoms with Crippen LogP contribution in [0, 0.1) is 0 Å². The summed E-state index contributed by atoms with van der Waals surface area (Å²) in [6.07, 6.45) is 8.29. The lowest BCUT2D eigenvalue weighted by Crippen LogP contribution is -2.43. The van der Waals surface area contributed by atoms with Gasteiger partial charge in [0.05, 0.1) is 6.04 Å². The quantitative estimate of drug-likeness (QED) is 0.537. The summed E-state index contributed by atoms with van der Waals surface area (Å²) in [6.45, 7) is 5.12. The predicted molar refractivity (Wildman–Crippen MR) is 119 cm³/mol. The summed E-state index contributed by atoms with van der Waals surface area (Å²) in [7, 11) is 1.84. The van der Waals surface area contributed by atoms with E-state index >= 15 is 0 Å². The Morgan fingerprint density at radius 1 is 1.14 bits per heavy atom. The van der Waals surface area contributed by atoms with E-state index in [2.05, 4.69) is 52.8 Å². The number of hydrogen-bond acceptors (Lipinski definition) is 5. The lowest BCUT2D eigenvalue weighted by Gasteiger charge is -2.27. The summed E-state index contributed by atoms with van der Waals surface area (Å²) in [5, 5.41) is 18.0. The molecular formula is C21H33N7S. The normalized spacial score (nSPS) is 19.0. The van der Waals surface area contributed by atoms with Crippen LogP contribution in [0.25, 0.3) is 0 Å². The monoisotopic (exact) mass is 415 g/mol. The Labute approximate surface area is 177 Å². The molecule has 158 valence electrons. The molecule has 1 fully saturated rings. The first-order valence-electron chi connectivity index (χ1n) is 11.0. The number of aliphatic imine (C=N–C) groups is 1. The number of rotatable bonds is 7. The summed E-state index contributed by atoms with van der Waals surface area (Å²) in [5.74, 6) is 3.11. The molecule has 0 bridgehead atoms. The molecule has 7 nitrogen and oxygen atoms in total. The molecule has 0 aliphatic carbocycles. The Hall–Kier alpha value is -1.93. The molecule has 8 heteroatoms. The summed E-state index contributed by atoms with van der Waals surface area (Å²) < 4.78 is 2.32. The molecule has 1 atom stereocenters. The fraction of sp³-hybridized carbons (Fsp3) is 0.667. The third-order valence-corrected chi connectivity index (χ3v) is 6.94. The van der Waals surface area contributed by atoms with Gasteiger partial charge in [0.25, 0.3) is 0 Å². The molecule has 2 aliphatic rings. The average molecular weight is 416 g/mol. The minimum absolute atomic E-state index is 0.420. The molecule has 1 saturated heterocycles. The van der Waals surface area contributed by atoms with E-state index in [0.717, 1.165) is 50.1 Å². The molecule has 4 rings (SSSR count). The summed E-state index contributed by atoms with van der Waals surface area (Å²) in [6, 6.07) is 4.82. The second-order valence-corrected chi connectivity index (χ2v) is 8.88. The Bertz CT molecular complexity index is 777. The summed E-state index contributed by atoms with van der Waals surface area (Å²) in [4.78, 5) is 8.45. The maximum atomic E-state index is 4.43. The molecule has 0 spiro atoms. The van der Waals surface area contributed by atoms with Crippen molar-refractivity contribution in [3.8, 4) is 0 Å². The van der Waals surface area contributed by atoms with E-state index in [1.165, 1.54) is 50.1 Å². The molecule has 29 heavy (non-hydrogen) atoms. The Balaban J connectivity index is 1.29. The minimum Gasteiger partial charge on any atom is -0.356 e. The third-order valence-electron chi connectivity index (χ3n) is 5.97. The van der Waals surface area contributed by atoms with Gasteiger partial charge in [0.2, 0.25) is 0 Å². The topological polar surface area (TPSA) is 70.4 Å². The van der Waals surface area contributed by atoms with E-state index in [-0.39, 0.29) is 0 Å². The highest BCUT2D eigenvalue weighted by Gasteiger charge is 2.24. The highest BCUT2D eigenvalue weighted by atomic mass is 32.1. The van der Waals surface area contributed by atoms with Crippen molar-refractivity contribution in [2.75, 3.05) is 33.2 Å². The fourth-order valence-corrected chi connectivity index (χ4v) is 5.24. The molecule has 0 radical (unpaired) electrons. The van der Waals surface area contributed by atoms with E-state index in [1.807, 2.05) is 18.4 Å². The predicted octanol–water partition coefficient (Wildman–Crippen LogP) is 2.61. The minimum atomic E-state index is 0.420. The van der Waals surface area contributed by atoms with Gasteiger partial charge in [-0.15, -0.1) is 21.5 Å². The first-order chi connectivity index (χ1) is 14.3. The van der Waals surface area contributed by atoms with Crippen LogP contribution in [0.2, 0.25) is 0 Å². The van der Waals surface area contributed by atoms with E-state index in [4.69, 9.17) is 0 Å². The third kappa shape index (κ3) is 5.17. The maximum absolute atomic E-state index is 4.43. The molecule has 0 amide bonds. The largest absolute Gasteiger partial charge is 0.356 e. The van der Waals surface area contributed by atoms with Crippen LogP contribution >= 0.6 is 11.3 Å². The van der Waals surface area contributed by atoms with Gasteiger partial charge in [0, 0.05) is 44.4 Å². The van der Waals surface area contributed by atoms with Crippen LogP contribution in [0.5, 0.6) is 0 Å². The number of thiophene rings is 1. The van der Waals surface area contributed by atoms with Gasteiger partial charge < -0.3 is 15.2 Å². The average Bonchev–Trinajstić information content (AvgIpc) is 3.49. The van der Waals surface area contributed by atoms with Crippen molar-refractivity contribution < 1.29 is 0 Å². The van der Waals surface area contributed by atoms with Gasteiger partial charge in [-0.25, -0.2) is 0 Å². The first kappa shape index (κ1) is 20.3.